The largest absolute Gasteiger partial charge is 0.497 e. The molecule has 0 saturated carbocycles. The third kappa shape index (κ3) is 6.80. The van der Waals surface area contributed by atoms with E-state index in [2.05, 4.69) is 5.32 Å². The molecule has 0 aromatic heterocycles. The molecule has 0 bridgehead atoms. The zero-order valence-electron chi connectivity index (χ0n) is 22.5. The topological polar surface area (TPSA) is 103 Å². The average Bonchev–Trinajstić information content (AvgIpc) is 3.10. The molecular weight excluding hydrogens is 476 g/mol. The van der Waals surface area contributed by atoms with Crippen molar-refractivity contribution in [1.82, 2.24) is 10.2 Å². The minimum absolute atomic E-state index is 0.0283. The van der Waals surface area contributed by atoms with Crippen LogP contribution in [0.1, 0.15) is 57.5 Å². The number of carbonyl (C=O) groups is 3. The second kappa shape index (κ2) is 10.8. The van der Waals surface area contributed by atoms with E-state index in [1.165, 1.54) is 4.90 Å². The summed E-state index contributed by atoms with van der Waals surface area (Å²) >= 11 is 0. The van der Waals surface area contributed by atoms with Gasteiger partial charge in [0, 0.05) is 5.56 Å². The van der Waals surface area contributed by atoms with Gasteiger partial charge in [-0.2, -0.15) is 0 Å². The molecule has 0 unspecified atom stereocenters. The number of carbonyl (C=O) groups excluding carboxylic acids is 3. The van der Waals surface area contributed by atoms with E-state index in [-0.39, 0.29) is 18.9 Å². The molecule has 0 aliphatic carbocycles. The first-order valence-corrected chi connectivity index (χ1v) is 12.1. The Morgan fingerprint density at radius 2 is 1.57 bits per heavy atom. The first-order valence-electron chi connectivity index (χ1n) is 12.1. The molecule has 200 valence electrons. The van der Waals surface area contributed by atoms with Crippen LogP contribution >= 0.6 is 0 Å². The van der Waals surface area contributed by atoms with Crippen LogP contribution in [-0.2, 0) is 20.9 Å². The van der Waals surface area contributed by atoms with Crippen LogP contribution in [0.3, 0.4) is 0 Å². The molecule has 3 rings (SSSR count). The van der Waals surface area contributed by atoms with Crippen molar-refractivity contribution in [2.24, 2.45) is 0 Å². The monoisotopic (exact) mass is 512 g/mol. The summed E-state index contributed by atoms with van der Waals surface area (Å²) in [4.78, 5) is 40.1. The average molecular weight is 513 g/mol. The molecule has 9 nitrogen and oxygen atoms in total. The number of amides is 2. The minimum atomic E-state index is -1.34. The summed E-state index contributed by atoms with van der Waals surface area (Å²) in [6, 6.07) is 14.3. The standard InChI is InChI=1S/C28H36N2O7/c1-26(2,3)37-25(33)30-27(4,5)36-18-28(30,6)24(32)29-16-23(31)20-10-14-22(15-11-20)35-17-19-8-12-21(34-7)13-9-19/h8-15H,16-18H2,1-7H3,(H,29,32)/t28-/m1/s1. The van der Waals surface area contributed by atoms with Gasteiger partial charge in [-0.25, -0.2) is 4.79 Å². The molecule has 2 amide bonds. The molecule has 1 fully saturated rings. The molecule has 1 saturated heterocycles. The second-order valence-electron chi connectivity index (χ2n) is 10.6. The van der Waals surface area contributed by atoms with Gasteiger partial charge in [0.25, 0.3) is 0 Å². The van der Waals surface area contributed by atoms with Gasteiger partial charge < -0.3 is 24.3 Å². The third-order valence-electron chi connectivity index (χ3n) is 5.95. The van der Waals surface area contributed by atoms with Crippen molar-refractivity contribution in [2.75, 3.05) is 20.3 Å². The Morgan fingerprint density at radius 1 is 0.973 bits per heavy atom. The highest BCUT2D eigenvalue weighted by Gasteiger charge is 2.57. The molecule has 9 heteroatoms. The zero-order chi connectivity index (χ0) is 27.4. The Kier molecular flexibility index (Phi) is 8.17. The predicted octanol–water partition coefficient (Wildman–Crippen LogP) is 4.34. The molecule has 0 spiro atoms. The van der Waals surface area contributed by atoms with E-state index >= 15 is 0 Å². The fourth-order valence-corrected chi connectivity index (χ4v) is 4.02. The fraction of sp³-hybridized carbons (Fsp3) is 0.464. The van der Waals surface area contributed by atoms with Crippen molar-refractivity contribution >= 4 is 17.8 Å². The van der Waals surface area contributed by atoms with Crippen LogP contribution in [-0.4, -0.2) is 59.8 Å². The maximum atomic E-state index is 13.2. The maximum Gasteiger partial charge on any atom is 0.413 e. The van der Waals surface area contributed by atoms with Crippen LogP contribution in [0.5, 0.6) is 11.5 Å². The molecule has 37 heavy (non-hydrogen) atoms. The van der Waals surface area contributed by atoms with E-state index in [1.807, 2.05) is 24.3 Å². The number of ketones is 1. The van der Waals surface area contributed by atoms with Gasteiger partial charge in [0.2, 0.25) is 5.91 Å². The van der Waals surface area contributed by atoms with Crippen molar-refractivity contribution in [3.8, 4) is 11.5 Å². The molecular formula is C28H36N2O7. The van der Waals surface area contributed by atoms with Gasteiger partial charge in [-0.3, -0.25) is 14.5 Å². The molecule has 1 atom stereocenters. The first kappa shape index (κ1) is 28.0. The van der Waals surface area contributed by atoms with Crippen LogP contribution in [0, 0.1) is 0 Å². The van der Waals surface area contributed by atoms with Crippen LogP contribution < -0.4 is 14.8 Å². The number of benzene rings is 2. The lowest BCUT2D eigenvalue weighted by Gasteiger charge is -2.39. The molecule has 2 aromatic carbocycles. The molecule has 2 aromatic rings. The summed E-state index contributed by atoms with van der Waals surface area (Å²) in [6.07, 6.45) is -0.663. The van der Waals surface area contributed by atoms with E-state index in [0.717, 1.165) is 11.3 Å². The lowest BCUT2D eigenvalue weighted by molar-refractivity contribution is -0.132. The zero-order valence-corrected chi connectivity index (χ0v) is 22.5. The van der Waals surface area contributed by atoms with Crippen molar-refractivity contribution in [1.29, 1.82) is 0 Å². The third-order valence-corrected chi connectivity index (χ3v) is 5.95. The molecule has 1 N–H and O–H groups in total. The summed E-state index contributed by atoms with van der Waals surface area (Å²) in [5.74, 6) is 0.606. The number of methoxy groups -OCH3 is 1. The van der Waals surface area contributed by atoms with Gasteiger partial charge >= 0.3 is 6.09 Å². The van der Waals surface area contributed by atoms with E-state index < -0.39 is 28.9 Å². The molecule has 1 heterocycles. The van der Waals surface area contributed by atoms with Gasteiger partial charge in [-0.05, 0) is 83.5 Å². The maximum absolute atomic E-state index is 13.2. The number of hydrogen-bond donors (Lipinski definition) is 1. The highest BCUT2D eigenvalue weighted by atomic mass is 16.6. The summed E-state index contributed by atoms with van der Waals surface area (Å²) in [7, 11) is 1.61. The SMILES string of the molecule is COc1ccc(COc2ccc(C(=O)CNC(=O)[C@@]3(C)COC(C)(C)N3C(=O)OC(C)(C)C)cc2)cc1. The normalized spacial score (nSPS) is 18.7. The van der Waals surface area contributed by atoms with Gasteiger partial charge in [0.1, 0.15) is 35.0 Å². The Morgan fingerprint density at radius 3 is 2.14 bits per heavy atom. The van der Waals surface area contributed by atoms with Crippen LogP contribution in [0.25, 0.3) is 0 Å². The lowest BCUT2D eigenvalue weighted by Crippen LogP contribution is -2.62. The second-order valence-corrected chi connectivity index (χ2v) is 10.6. The van der Waals surface area contributed by atoms with Crippen LogP contribution in [0.15, 0.2) is 48.5 Å². The van der Waals surface area contributed by atoms with Crippen molar-refractivity contribution in [2.45, 2.75) is 65.0 Å². The Bertz CT molecular complexity index is 1120. The smallest absolute Gasteiger partial charge is 0.413 e. The lowest BCUT2D eigenvalue weighted by atomic mass is 9.99. The van der Waals surface area contributed by atoms with E-state index in [0.29, 0.717) is 17.9 Å². The van der Waals surface area contributed by atoms with Crippen molar-refractivity contribution in [3.05, 3.63) is 59.7 Å². The van der Waals surface area contributed by atoms with Gasteiger partial charge in [-0.1, -0.05) is 12.1 Å². The minimum Gasteiger partial charge on any atom is -0.497 e. The van der Waals surface area contributed by atoms with Gasteiger partial charge in [0.15, 0.2) is 5.78 Å². The van der Waals surface area contributed by atoms with Gasteiger partial charge in [0.05, 0.1) is 20.3 Å². The molecule has 0 radical (unpaired) electrons. The molecule has 1 aliphatic heterocycles. The number of Topliss-reactive ketones (excluding diaryl/α,β-unsaturated/α-hetero) is 1. The number of nitrogens with one attached hydrogen (secondary N) is 1. The predicted molar refractivity (Wildman–Crippen MR) is 138 cm³/mol. The van der Waals surface area contributed by atoms with E-state index in [1.54, 1.807) is 72.9 Å². The highest BCUT2D eigenvalue weighted by Crippen LogP contribution is 2.36. The summed E-state index contributed by atoms with van der Waals surface area (Å²) < 4.78 is 22.2. The first-order chi connectivity index (χ1) is 17.2. The number of hydrogen-bond acceptors (Lipinski definition) is 7. The van der Waals surface area contributed by atoms with Crippen molar-refractivity contribution in [3.63, 3.8) is 0 Å². The van der Waals surface area contributed by atoms with Crippen LogP contribution in [0.2, 0.25) is 0 Å². The van der Waals surface area contributed by atoms with E-state index in [9.17, 15) is 14.4 Å². The van der Waals surface area contributed by atoms with Gasteiger partial charge in [-0.15, -0.1) is 0 Å². The summed E-state index contributed by atoms with van der Waals surface area (Å²) in [6.45, 7) is 10.3. The number of rotatable bonds is 8. The van der Waals surface area contributed by atoms with Crippen LogP contribution in [0.4, 0.5) is 4.79 Å². The Balaban J connectivity index is 1.58. The summed E-state index contributed by atoms with van der Waals surface area (Å²) in [5.41, 5.74) is -1.73. The van der Waals surface area contributed by atoms with E-state index in [4.69, 9.17) is 18.9 Å². The molecule has 1 aliphatic rings. The number of ether oxygens (including phenoxy) is 4. The quantitative estimate of drug-likeness (QED) is 0.525. The highest BCUT2D eigenvalue weighted by molar-refractivity contribution is 6.01. The Labute approximate surface area is 218 Å². The fourth-order valence-electron chi connectivity index (χ4n) is 4.02. The summed E-state index contributed by atoms with van der Waals surface area (Å²) in [5, 5.41) is 2.66. The Hall–Kier alpha value is -3.59. The van der Waals surface area contributed by atoms with Crippen molar-refractivity contribution < 1.29 is 33.3 Å². The number of nitrogens with zero attached hydrogens (tertiary/aromatic N) is 1.